The largest absolute Gasteiger partial charge is 0.238 e. The Kier molecular flexibility index (Phi) is 3.13. The van der Waals surface area contributed by atoms with Gasteiger partial charge in [0.05, 0.1) is 13.1 Å². The van der Waals surface area contributed by atoms with Gasteiger partial charge in [0.25, 0.3) is 0 Å². The maximum atomic E-state index is 7.04. The fourth-order valence-corrected chi connectivity index (χ4v) is 1.92. The van der Waals surface area contributed by atoms with Crippen LogP contribution in [0.2, 0.25) is 0 Å². The first-order valence-electron chi connectivity index (χ1n) is 5.62. The number of nitrogens with zero attached hydrogens (tertiary/aromatic N) is 2. The third-order valence-corrected chi connectivity index (χ3v) is 2.97. The van der Waals surface area contributed by atoms with Crippen molar-refractivity contribution in [3.63, 3.8) is 0 Å². The molecule has 0 saturated carbocycles. The quantitative estimate of drug-likeness (QED) is 0.607. The van der Waals surface area contributed by atoms with E-state index in [4.69, 9.17) is 13.1 Å². The summed E-state index contributed by atoms with van der Waals surface area (Å²) in [5.41, 5.74) is 5.50. The Hall–Kier alpha value is -2.58. The molecule has 0 aromatic heterocycles. The first-order valence-corrected chi connectivity index (χ1v) is 5.62. The Morgan fingerprint density at radius 1 is 0.722 bits per heavy atom. The van der Waals surface area contributed by atoms with Crippen LogP contribution in [-0.4, -0.2) is 0 Å². The van der Waals surface area contributed by atoms with Gasteiger partial charge in [-0.15, -0.1) is 0 Å². The highest BCUT2D eigenvalue weighted by atomic mass is 14.6. The van der Waals surface area contributed by atoms with Gasteiger partial charge in [-0.2, -0.15) is 0 Å². The van der Waals surface area contributed by atoms with Crippen LogP contribution in [0.1, 0.15) is 11.1 Å². The van der Waals surface area contributed by atoms with Gasteiger partial charge in [-0.25, -0.2) is 9.69 Å². The Labute approximate surface area is 107 Å². The van der Waals surface area contributed by atoms with Crippen LogP contribution < -0.4 is 0 Å². The molecule has 0 amide bonds. The Morgan fingerprint density at radius 3 is 1.39 bits per heavy atom. The summed E-state index contributed by atoms with van der Waals surface area (Å²) >= 11 is 0. The lowest BCUT2D eigenvalue weighted by Gasteiger charge is -2.06. The SMILES string of the molecule is [C-]#[N+]c1ccc(-c2ccc([N+]#[C-])c(C)c2)cc1C. The molecule has 18 heavy (non-hydrogen) atoms. The van der Waals surface area contributed by atoms with Crippen molar-refractivity contribution in [2.75, 3.05) is 0 Å². The zero-order valence-corrected chi connectivity index (χ0v) is 10.4. The minimum Gasteiger partial charge on any atom is -0.238 e. The second kappa shape index (κ2) is 4.73. The molecule has 0 heterocycles. The van der Waals surface area contributed by atoms with Crippen LogP contribution in [0.4, 0.5) is 11.4 Å². The van der Waals surface area contributed by atoms with Crippen molar-refractivity contribution in [1.82, 2.24) is 0 Å². The molecule has 0 aliphatic carbocycles. The fourth-order valence-electron chi connectivity index (χ4n) is 1.92. The van der Waals surface area contributed by atoms with Crippen LogP contribution in [0.5, 0.6) is 0 Å². The summed E-state index contributed by atoms with van der Waals surface area (Å²) in [5.74, 6) is 0. The molecule has 2 heteroatoms. The van der Waals surface area contributed by atoms with Crippen LogP contribution in [0.15, 0.2) is 36.4 Å². The number of benzene rings is 2. The number of aryl methyl sites for hydroxylation is 2. The monoisotopic (exact) mass is 232 g/mol. The molecule has 2 aromatic carbocycles. The zero-order chi connectivity index (χ0) is 13.1. The van der Waals surface area contributed by atoms with Crippen LogP contribution in [0.3, 0.4) is 0 Å². The topological polar surface area (TPSA) is 8.72 Å². The molecule has 0 atom stereocenters. The highest BCUT2D eigenvalue weighted by Crippen LogP contribution is 2.29. The van der Waals surface area contributed by atoms with E-state index < -0.39 is 0 Å². The summed E-state index contributed by atoms with van der Waals surface area (Å²) < 4.78 is 0. The summed E-state index contributed by atoms with van der Waals surface area (Å²) in [6.07, 6.45) is 0. The molecule has 0 N–H and O–H groups in total. The van der Waals surface area contributed by atoms with Crippen molar-refractivity contribution in [3.05, 3.63) is 70.4 Å². The molecule has 0 bridgehead atoms. The van der Waals surface area contributed by atoms with E-state index in [2.05, 4.69) is 9.69 Å². The lowest BCUT2D eigenvalue weighted by atomic mass is 10.0. The standard InChI is InChI=1S/C16H12N2/c1-11-9-13(5-7-15(11)17-3)14-6-8-16(18-4)12(2)10-14/h5-10H,1-2H3. The van der Waals surface area contributed by atoms with E-state index >= 15 is 0 Å². The number of hydrogen-bond acceptors (Lipinski definition) is 0. The Balaban J connectivity index is 2.51. The fraction of sp³-hybridized carbons (Fsp3) is 0.125. The molecule has 2 nitrogen and oxygen atoms in total. The molecule has 0 radical (unpaired) electrons. The molecule has 0 aliphatic heterocycles. The highest BCUT2D eigenvalue weighted by molar-refractivity contribution is 5.71. The Morgan fingerprint density at radius 2 is 1.11 bits per heavy atom. The van der Waals surface area contributed by atoms with E-state index in [-0.39, 0.29) is 0 Å². The van der Waals surface area contributed by atoms with Gasteiger partial charge < -0.3 is 0 Å². The van der Waals surface area contributed by atoms with Crippen molar-refractivity contribution >= 4 is 11.4 Å². The molecule has 0 fully saturated rings. The van der Waals surface area contributed by atoms with Gasteiger partial charge in [0.2, 0.25) is 0 Å². The first-order chi connectivity index (χ1) is 8.65. The van der Waals surface area contributed by atoms with Crippen molar-refractivity contribution in [1.29, 1.82) is 0 Å². The molecule has 0 aliphatic rings. The first kappa shape index (κ1) is 11.9. The smallest absolute Gasteiger partial charge is 0.190 e. The highest BCUT2D eigenvalue weighted by Gasteiger charge is 2.04. The normalized spacial score (nSPS) is 9.56. The van der Waals surface area contributed by atoms with Gasteiger partial charge in [0.1, 0.15) is 0 Å². The summed E-state index contributed by atoms with van der Waals surface area (Å²) in [5, 5.41) is 0. The van der Waals surface area contributed by atoms with Crippen molar-refractivity contribution < 1.29 is 0 Å². The minimum absolute atomic E-state index is 0.688. The molecule has 0 unspecified atom stereocenters. The predicted octanol–water partition coefficient (Wildman–Crippen LogP) is 5.07. The second-order valence-corrected chi connectivity index (χ2v) is 4.23. The molecule has 86 valence electrons. The molecular formula is C16H12N2. The average Bonchev–Trinajstić information content (AvgIpc) is 2.38. The van der Waals surface area contributed by atoms with Crippen molar-refractivity contribution in [3.8, 4) is 11.1 Å². The molecular weight excluding hydrogens is 220 g/mol. The van der Waals surface area contributed by atoms with E-state index in [0.29, 0.717) is 11.4 Å². The number of rotatable bonds is 1. The van der Waals surface area contributed by atoms with Crippen LogP contribution in [0.25, 0.3) is 20.8 Å². The van der Waals surface area contributed by atoms with Crippen molar-refractivity contribution in [2.45, 2.75) is 13.8 Å². The van der Waals surface area contributed by atoms with Crippen LogP contribution in [0, 0.1) is 27.0 Å². The lowest BCUT2D eigenvalue weighted by molar-refractivity contribution is 1.45. The van der Waals surface area contributed by atoms with Gasteiger partial charge in [-0.1, -0.05) is 36.4 Å². The van der Waals surface area contributed by atoms with Gasteiger partial charge in [-0.05, 0) is 36.1 Å². The Bertz CT molecular complexity index is 624. The van der Waals surface area contributed by atoms with Gasteiger partial charge in [-0.3, -0.25) is 0 Å². The van der Waals surface area contributed by atoms with Gasteiger partial charge >= 0.3 is 0 Å². The molecule has 2 aromatic rings. The molecule has 0 spiro atoms. The third kappa shape index (κ3) is 2.10. The predicted molar refractivity (Wildman–Crippen MR) is 73.9 cm³/mol. The maximum Gasteiger partial charge on any atom is 0.190 e. The number of hydrogen-bond donors (Lipinski definition) is 0. The van der Waals surface area contributed by atoms with Crippen molar-refractivity contribution in [2.24, 2.45) is 0 Å². The van der Waals surface area contributed by atoms with E-state index in [0.717, 1.165) is 22.3 Å². The van der Waals surface area contributed by atoms with E-state index in [1.807, 2.05) is 50.2 Å². The van der Waals surface area contributed by atoms with E-state index in [9.17, 15) is 0 Å². The molecule has 2 rings (SSSR count). The lowest BCUT2D eigenvalue weighted by Crippen LogP contribution is -1.82. The summed E-state index contributed by atoms with van der Waals surface area (Å²) in [4.78, 5) is 6.92. The average molecular weight is 232 g/mol. The van der Waals surface area contributed by atoms with Gasteiger partial charge in [0.15, 0.2) is 11.4 Å². The minimum atomic E-state index is 0.688. The summed E-state index contributed by atoms with van der Waals surface area (Å²) in [6, 6.07) is 11.6. The maximum absolute atomic E-state index is 7.04. The summed E-state index contributed by atoms with van der Waals surface area (Å²) in [7, 11) is 0. The van der Waals surface area contributed by atoms with E-state index in [1.165, 1.54) is 0 Å². The third-order valence-electron chi connectivity index (χ3n) is 2.97. The zero-order valence-electron chi connectivity index (χ0n) is 10.4. The van der Waals surface area contributed by atoms with Gasteiger partial charge in [0, 0.05) is 0 Å². The molecule has 0 saturated heterocycles. The van der Waals surface area contributed by atoms with Crippen LogP contribution >= 0.6 is 0 Å². The van der Waals surface area contributed by atoms with E-state index in [1.54, 1.807) is 0 Å². The van der Waals surface area contributed by atoms with Crippen LogP contribution in [-0.2, 0) is 0 Å². The second-order valence-electron chi connectivity index (χ2n) is 4.23. The summed E-state index contributed by atoms with van der Waals surface area (Å²) in [6.45, 7) is 18.0.